The van der Waals surface area contributed by atoms with Crippen LogP contribution in [0.3, 0.4) is 0 Å². The molecule has 0 saturated carbocycles. The van der Waals surface area contributed by atoms with Gasteiger partial charge in [0.15, 0.2) is 5.78 Å². The van der Waals surface area contributed by atoms with Crippen molar-refractivity contribution in [1.82, 2.24) is 9.88 Å². The molecule has 1 aromatic heterocycles. The number of hydrogen-bond acceptors (Lipinski definition) is 2. The number of nitrogens with one attached hydrogen (secondary N) is 1. The summed E-state index contributed by atoms with van der Waals surface area (Å²) in [4.78, 5) is 24.8. The molecule has 0 saturated heterocycles. The molecule has 2 heterocycles. The first kappa shape index (κ1) is 15.9. The fraction of sp³-hybridized carbons (Fsp3) is 0.200. The van der Waals surface area contributed by atoms with Gasteiger partial charge in [0.05, 0.1) is 0 Å². The number of aromatic nitrogens is 1. The molecule has 0 fully saturated rings. The summed E-state index contributed by atoms with van der Waals surface area (Å²) in [5, 5.41) is 4.50. The number of hydrogen-bond donors (Lipinski definition) is 1. The van der Waals surface area contributed by atoms with Crippen LogP contribution >= 0.6 is 11.6 Å². The van der Waals surface area contributed by atoms with E-state index >= 15 is 0 Å². The number of ketones is 1. The average Bonchev–Trinajstić information content (AvgIpc) is 2.86. The lowest BCUT2D eigenvalue weighted by atomic mass is 10.0. The summed E-state index contributed by atoms with van der Waals surface area (Å²) in [5.41, 5.74) is 3.14. The Morgan fingerprint density at radius 3 is 2.88 bits per heavy atom. The van der Waals surface area contributed by atoms with Crippen LogP contribution in [0.2, 0.25) is 5.02 Å². The van der Waals surface area contributed by atoms with Crippen LogP contribution in [-0.4, -0.2) is 22.8 Å². The van der Waals surface area contributed by atoms with Crippen LogP contribution in [0.5, 0.6) is 0 Å². The van der Waals surface area contributed by atoms with Crippen LogP contribution in [0, 0.1) is 0 Å². The number of carbonyl (C=O) groups is 2. The van der Waals surface area contributed by atoms with Gasteiger partial charge in [0, 0.05) is 41.0 Å². The largest absolute Gasteiger partial charge is 0.351 e. The summed E-state index contributed by atoms with van der Waals surface area (Å²) in [5.74, 6) is -0.0155. The van der Waals surface area contributed by atoms with E-state index in [9.17, 15) is 9.59 Å². The highest BCUT2D eigenvalue weighted by atomic mass is 35.5. The fourth-order valence-corrected chi connectivity index (χ4v) is 3.53. The molecule has 0 atom stereocenters. The Morgan fingerprint density at radius 2 is 2.04 bits per heavy atom. The van der Waals surface area contributed by atoms with Crippen molar-refractivity contribution < 1.29 is 9.59 Å². The van der Waals surface area contributed by atoms with E-state index in [1.54, 1.807) is 6.07 Å². The lowest BCUT2D eigenvalue weighted by Crippen LogP contribution is -2.22. The highest BCUT2D eigenvalue weighted by Gasteiger charge is 2.19. The number of halogens is 1. The topological polar surface area (TPSA) is 51.1 Å². The zero-order valence-electron chi connectivity index (χ0n) is 13.6. The molecule has 4 nitrogen and oxygen atoms in total. The first-order chi connectivity index (χ1) is 12.1. The maximum Gasteiger partial charge on any atom is 0.267 e. The minimum atomic E-state index is -0.0551. The smallest absolute Gasteiger partial charge is 0.267 e. The second-order valence-corrected chi connectivity index (χ2v) is 6.73. The van der Waals surface area contributed by atoms with Crippen LogP contribution in [0.25, 0.3) is 10.9 Å². The van der Waals surface area contributed by atoms with Crippen molar-refractivity contribution in [3.05, 3.63) is 70.4 Å². The van der Waals surface area contributed by atoms with Crippen LogP contribution in [0.4, 0.5) is 0 Å². The first-order valence-electron chi connectivity index (χ1n) is 8.31. The van der Waals surface area contributed by atoms with E-state index in [1.165, 1.54) is 0 Å². The van der Waals surface area contributed by atoms with Crippen molar-refractivity contribution >= 4 is 34.2 Å². The van der Waals surface area contributed by atoms with Gasteiger partial charge in [-0.25, -0.2) is 0 Å². The quantitative estimate of drug-likeness (QED) is 0.728. The number of rotatable bonds is 3. The van der Waals surface area contributed by atoms with Gasteiger partial charge in [-0.1, -0.05) is 35.9 Å². The molecule has 4 rings (SSSR count). The van der Waals surface area contributed by atoms with Crippen molar-refractivity contribution in [3.8, 4) is 0 Å². The number of aryl methyl sites for hydroxylation is 1. The summed E-state index contributed by atoms with van der Waals surface area (Å²) in [6, 6.07) is 14.9. The molecule has 0 aliphatic carbocycles. The predicted octanol–water partition coefficient (Wildman–Crippen LogP) is 3.85. The van der Waals surface area contributed by atoms with E-state index in [-0.39, 0.29) is 11.7 Å². The molecule has 25 heavy (non-hydrogen) atoms. The van der Waals surface area contributed by atoms with Gasteiger partial charge >= 0.3 is 0 Å². The van der Waals surface area contributed by atoms with Gasteiger partial charge < -0.3 is 9.88 Å². The maximum absolute atomic E-state index is 12.7. The van der Waals surface area contributed by atoms with Gasteiger partial charge in [-0.05, 0) is 36.2 Å². The molecular weight excluding hydrogens is 336 g/mol. The Morgan fingerprint density at radius 1 is 1.16 bits per heavy atom. The van der Waals surface area contributed by atoms with Crippen LogP contribution in [0.15, 0.2) is 48.5 Å². The van der Waals surface area contributed by atoms with E-state index < -0.39 is 0 Å². The molecule has 1 N–H and O–H groups in total. The average molecular weight is 353 g/mol. The lowest BCUT2D eigenvalue weighted by molar-refractivity contribution is 0.0950. The van der Waals surface area contributed by atoms with Gasteiger partial charge in [-0.15, -0.1) is 0 Å². The third-order valence-corrected chi connectivity index (χ3v) is 4.79. The number of amides is 1. The van der Waals surface area contributed by atoms with Crippen molar-refractivity contribution in [2.24, 2.45) is 0 Å². The zero-order valence-corrected chi connectivity index (χ0v) is 14.3. The highest BCUT2D eigenvalue weighted by Crippen LogP contribution is 2.24. The Kier molecular flexibility index (Phi) is 4.06. The van der Waals surface area contributed by atoms with E-state index in [1.807, 2.05) is 47.0 Å². The number of benzene rings is 2. The summed E-state index contributed by atoms with van der Waals surface area (Å²) < 4.78 is 2.01. The molecule has 0 bridgehead atoms. The van der Waals surface area contributed by atoms with Gasteiger partial charge in [0.2, 0.25) is 0 Å². The number of carbonyl (C=O) groups excluding carboxylic acids is 2. The zero-order chi connectivity index (χ0) is 17.4. The van der Waals surface area contributed by atoms with Crippen molar-refractivity contribution in [2.75, 3.05) is 6.54 Å². The summed E-state index contributed by atoms with van der Waals surface area (Å²) in [6.45, 7) is 1.44. The minimum Gasteiger partial charge on any atom is -0.351 e. The molecule has 2 aromatic carbocycles. The molecule has 5 heteroatoms. The molecule has 0 radical (unpaired) electrons. The van der Waals surface area contributed by atoms with Crippen LogP contribution in [-0.2, 0) is 13.0 Å². The van der Waals surface area contributed by atoms with E-state index in [2.05, 4.69) is 5.32 Å². The fourth-order valence-electron chi connectivity index (χ4n) is 3.32. The number of nitrogens with zero attached hydrogens (tertiary/aromatic N) is 1. The predicted molar refractivity (Wildman–Crippen MR) is 98.4 cm³/mol. The Bertz CT molecular complexity index is 991. The molecule has 126 valence electrons. The lowest BCUT2D eigenvalue weighted by Gasteiger charge is -2.07. The SMILES string of the molecule is O=C(Cc1cccc(Cl)c1)c1ccc2cc3n(c2c1)CCCNC3=O. The van der Waals surface area contributed by atoms with E-state index in [0.717, 1.165) is 29.4 Å². The third-order valence-electron chi connectivity index (χ3n) is 4.56. The normalized spacial score (nSPS) is 14.0. The maximum atomic E-state index is 12.7. The number of fused-ring (bicyclic) bond motifs is 3. The van der Waals surface area contributed by atoms with Gasteiger partial charge in [-0.3, -0.25) is 9.59 Å². The van der Waals surface area contributed by atoms with E-state index in [0.29, 0.717) is 29.2 Å². The van der Waals surface area contributed by atoms with Crippen LogP contribution < -0.4 is 5.32 Å². The van der Waals surface area contributed by atoms with E-state index in [4.69, 9.17) is 11.6 Å². The second kappa shape index (κ2) is 6.37. The molecule has 1 aliphatic heterocycles. The Balaban J connectivity index is 1.70. The second-order valence-electron chi connectivity index (χ2n) is 6.29. The summed E-state index contributed by atoms with van der Waals surface area (Å²) >= 11 is 5.99. The standard InChI is InChI=1S/C20H17ClN2O2/c21-16-4-1-3-13(9-16)10-19(24)15-6-5-14-11-18-20(25)22-7-2-8-23(18)17(14)12-15/h1,3-6,9,11-12H,2,7-8,10H2,(H,22,25). The van der Waals surface area contributed by atoms with Gasteiger partial charge in [0.25, 0.3) is 5.91 Å². The molecule has 1 aliphatic rings. The molecule has 1 amide bonds. The number of Topliss-reactive ketones (excluding diaryl/α,β-unsaturated/α-hetero) is 1. The van der Waals surface area contributed by atoms with Crippen molar-refractivity contribution in [2.45, 2.75) is 19.4 Å². The van der Waals surface area contributed by atoms with Gasteiger partial charge in [0.1, 0.15) is 5.69 Å². The minimum absolute atomic E-state index is 0.0396. The third kappa shape index (κ3) is 3.05. The van der Waals surface area contributed by atoms with Gasteiger partial charge in [-0.2, -0.15) is 0 Å². The first-order valence-corrected chi connectivity index (χ1v) is 8.69. The Labute approximate surface area is 150 Å². The molecule has 0 unspecified atom stereocenters. The summed E-state index contributed by atoms with van der Waals surface area (Å²) in [7, 11) is 0. The monoisotopic (exact) mass is 352 g/mol. The molecule has 0 spiro atoms. The van der Waals surface area contributed by atoms with Crippen molar-refractivity contribution in [3.63, 3.8) is 0 Å². The molecular formula is C20H17ClN2O2. The van der Waals surface area contributed by atoms with Crippen molar-refractivity contribution in [1.29, 1.82) is 0 Å². The Hall–Kier alpha value is -2.59. The van der Waals surface area contributed by atoms with Crippen LogP contribution in [0.1, 0.15) is 32.8 Å². The summed E-state index contributed by atoms with van der Waals surface area (Å²) in [6.07, 6.45) is 1.18. The highest BCUT2D eigenvalue weighted by molar-refractivity contribution is 6.30. The molecule has 3 aromatic rings.